The van der Waals surface area contributed by atoms with Gasteiger partial charge in [0, 0.05) is 6.20 Å². The summed E-state index contributed by atoms with van der Waals surface area (Å²) < 4.78 is 59.7. The van der Waals surface area contributed by atoms with E-state index in [0.29, 0.717) is 24.1 Å². The van der Waals surface area contributed by atoms with Crippen LogP contribution >= 0.6 is 0 Å². The highest BCUT2D eigenvalue weighted by Crippen LogP contribution is 2.40. The molecular weight excluding hydrogens is 605 g/mol. The zero-order chi connectivity index (χ0) is 33.6. The second-order valence-corrected chi connectivity index (χ2v) is 12.1. The number of halogens is 3. The number of nitrogens with one attached hydrogen (secondary N) is 2. The van der Waals surface area contributed by atoms with Crippen molar-refractivity contribution in [2.45, 2.75) is 70.6 Å². The first-order chi connectivity index (χ1) is 21.8. The number of hydrogen-bond acceptors (Lipinski definition) is 8. The molecular formula is C33H37F3N4O6. The van der Waals surface area contributed by atoms with Crippen molar-refractivity contribution >= 4 is 23.7 Å². The smallest absolute Gasteiger partial charge is 0.407 e. The minimum atomic E-state index is -1.02. The fraction of sp³-hybridized carbons (Fsp3) is 0.424. The van der Waals surface area contributed by atoms with Crippen molar-refractivity contribution in [3.8, 4) is 11.3 Å². The Morgan fingerprint density at radius 1 is 1.00 bits per heavy atom. The monoisotopic (exact) mass is 642 g/mol. The van der Waals surface area contributed by atoms with E-state index in [-0.39, 0.29) is 30.6 Å². The van der Waals surface area contributed by atoms with Crippen LogP contribution in [-0.4, -0.2) is 59.4 Å². The number of anilines is 1. The maximum absolute atomic E-state index is 14.6. The molecule has 1 aliphatic rings. The van der Waals surface area contributed by atoms with Crippen molar-refractivity contribution in [2.75, 3.05) is 19.0 Å². The first-order valence-electron chi connectivity index (χ1n) is 14.8. The lowest BCUT2D eigenvalue weighted by Crippen LogP contribution is -2.52. The number of methoxy groups -OCH3 is 1. The summed E-state index contributed by atoms with van der Waals surface area (Å²) >= 11 is 0. The summed E-state index contributed by atoms with van der Waals surface area (Å²) in [5, 5.41) is 5.67. The standard InChI is InChI=1S/C33H37F3N4O6/c1-18-15-19(16-25(40-32(43)46-33(2,3)4)30(18)45-14-12-27(41)44-5)20-11-13-37-17-26(20)39-31(42)24-10-9-23(36)29(38-24)28-21(34)7-6-8-22(28)35/h6-11,13,17-19,25,30H,12,14-16H2,1-5H3,(H,39,42)(H,40,43)/t18-,19+,25+,30+/m0/s1. The summed E-state index contributed by atoms with van der Waals surface area (Å²) in [4.78, 5) is 45.9. The SMILES string of the molecule is COC(=O)CCO[C@@H]1[C@@H](C)C[C@@H](c2ccncc2NC(=O)c2ccc(F)c(-c3c(F)cccc3F)n2)C[C@H]1NC(=O)OC(C)(C)C. The summed E-state index contributed by atoms with van der Waals surface area (Å²) in [7, 11) is 1.29. The maximum atomic E-state index is 14.6. The molecule has 1 aromatic carbocycles. The van der Waals surface area contributed by atoms with Crippen molar-refractivity contribution in [3.63, 3.8) is 0 Å². The fourth-order valence-electron chi connectivity index (χ4n) is 5.55. The van der Waals surface area contributed by atoms with E-state index in [2.05, 4.69) is 20.6 Å². The van der Waals surface area contributed by atoms with Crippen LogP contribution in [0.5, 0.6) is 0 Å². The third kappa shape index (κ3) is 8.59. The van der Waals surface area contributed by atoms with E-state index in [0.717, 1.165) is 30.3 Å². The molecule has 10 nitrogen and oxygen atoms in total. The molecule has 0 spiro atoms. The molecule has 1 fully saturated rings. The predicted octanol–water partition coefficient (Wildman–Crippen LogP) is 6.17. The van der Waals surface area contributed by atoms with Crippen molar-refractivity contribution in [3.05, 3.63) is 77.5 Å². The number of nitrogens with zero attached hydrogens (tertiary/aromatic N) is 2. The Balaban J connectivity index is 1.58. The quantitative estimate of drug-likeness (QED) is 0.265. The van der Waals surface area contributed by atoms with E-state index in [4.69, 9.17) is 14.2 Å². The van der Waals surface area contributed by atoms with Crippen molar-refractivity contribution < 1.29 is 41.8 Å². The van der Waals surface area contributed by atoms with Crippen LogP contribution < -0.4 is 10.6 Å². The Bertz CT molecular complexity index is 1560. The number of pyridine rings is 2. The van der Waals surface area contributed by atoms with Gasteiger partial charge in [-0.25, -0.2) is 22.9 Å². The minimum Gasteiger partial charge on any atom is -0.469 e. The molecule has 2 aromatic heterocycles. The number of esters is 1. The topological polar surface area (TPSA) is 129 Å². The van der Waals surface area contributed by atoms with E-state index in [9.17, 15) is 27.6 Å². The predicted molar refractivity (Wildman–Crippen MR) is 162 cm³/mol. The lowest BCUT2D eigenvalue weighted by molar-refractivity contribution is -0.143. The Morgan fingerprint density at radius 2 is 1.72 bits per heavy atom. The van der Waals surface area contributed by atoms with Gasteiger partial charge in [0.05, 0.1) is 49.7 Å². The highest BCUT2D eigenvalue weighted by molar-refractivity contribution is 6.03. The van der Waals surface area contributed by atoms with Crippen LogP contribution in [0.15, 0.2) is 48.8 Å². The second kappa shape index (κ2) is 14.7. The van der Waals surface area contributed by atoms with Crippen LogP contribution in [0.25, 0.3) is 11.3 Å². The van der Waals surface area contributed by atoms with E-state index in [1.165, 1.54) is 13.3 Å². The van der Waals surface area contributed by atoms with E-state index in [1.54, 1.807) is 33.0 Å². The van der Waals surface area contributed by atoms with Crippen molar-refractivity contribution in [1.29, 1.82) is 0 Å². The molecule has 0 bridgehead atoms. The number of rotatable bonds is 9. The number of alkyl carbamates (subject to hydrolysis) is 1. The summed E-state index contributed by atoms with van der Waals surface area (Å²) in [6.45, 7) is 7.31. The summed E-state index contributed by atoms with van der Waals surface area (Å²) in [5.41, 5.74) is -1.27. The molecule has 4 atom stereocenters. The molecule has 3 aromatic rings. The molecule has 1 saturated carbocycles. The van der Waals surface area contributed by atoms with Gasteiger partial charge in [0.2, 0.25) is 0 Å². The highest BCUT2D eigenvalue weighted by Gasteiger charge is 2.39. The second-order valence-electron chi connectivity index (χ2n) is 12.1. The van der Waals surface area contributed by atoms with Gasteiger partial charge in [-0.2, -0.15) is 0 Å². The number of amides is 2. The highest BCUT2D eigenvalue weighted by atomic mass is 19.1. The summed E-state index contributed by atoms with van der Waals surface area (Å²) in [5.74, 6) is -4.51. The Kier molecular flexibility index (Phi) is 11.0. The van der Waals surface area contributed by atoms with Crippen LogP contribution in [0.3, 0.4) is 0 Å². The van der Waals surface area contributed by atoms with Gasteiger partial charge in [-0.05, 0) is 81.3 Å². The van der Waals surface area contributed by atoms with Gasteiger partial charge >= 0.3 is 12.1 Å². The lowest BCUT2D eigenvalue weighted by atomic mass is 9.74. The third-order valence-corrected chi connectivity index (χ3v) is 7.52. The molecule has 4 rings (SSSR count). The molecule has 2 amide bonds. The van der Waals surface area contributed by atoms with Crippen molar-refractivity contribution in [1.82, 2.24) is 15.3 Å². The third-order valence-electron chi connectivity index (χ3n) is 7.52. The molecule has 246 valence electrons. The average Bonchev–Trinajstić information content (AvgIpc) is 2.98. The number of carbonyl (C=O) groups excluding carboxylic acids is 3. The maximum Gasteiger partial charge on any atom is 0.407 e. The number of ether oxygens (including phenoxy) is 3. The number of carbonyl (C=O) groups is 3. The lowest BCUT2D eigenvalue weighted by Gasteiger charge is -2.41. The molecule has 1 aliphatic carbocycles. The Hall–Kier alpha value is -4.52. The van der Waals surface area contributed by atoms with Crippen LogP contribution in [0.4, 0.5) is 23.7 Å². The molecule has 0 saturated heterocycles. The van der Waals surface area contributed by atoms with Crippen LogP contribution in [0, 0.1) is 23.4 Å². The fourth-order valence-corrected chi connectivity index (χ4v) is 5.55. The molecule has 0 unspecified atom stereocenters. The van der Waals surface area contributed by atoms with Crippen LogP contribution in [-0.2, 0) is 19.0 Å². The molecule has 0 radical (unpaired) electrons. The van der Waals surface area contributed by atoms with E-state index >= 15 is 0 Å². The normalized spacial score (nSPS) is 19.7. The minimum absolute atomic E-state index is 0.0472. The summed E-state index contributed by atoms with van der Waals surface area (Å²) in [6, 6.07) is 6.34. The Morgan fingerprint density at radius 3 is 2.39 bits per heavy atom. The molecule has 0 aliphatic heterocycles. The van der Waals surface area contributed by atoms with Gasteiger partial charge in [-0.15, -0.1) is 0 Å². The van der Waals surface area contributed by atoms with Crippen LogP contribution in [0.2, 0.25) is 0 Å². The number of benzene rings is 1. The largest absolute Gasteiger partial charge is 0.469 e. The zero-order valence-corrected chi connectivity index (χ0v) is 26.2. The van der Waals surface area contributed by atoms with Gasteiger partial charge in [-0.1, -0.05) is 13.0 Å². The molecule has 46 heavy (non-hydrogen) atoms. The molecule has 2 N–H and O–H groups in total. The summed E-state index contributed by atoms with van der Waals surface area (Å²) in [6.07, 6.45) is 2.98. The number of aromatic nitrogens is 2. The Labute approximate surface area is 265 Å². The zero-order valence-electron chi connectivity index (χ0n) is 26.2. The first kappa shape index (κ1) is 34.4. The van der Waals surface area contributed by atoms with Crippen molar-refractivity contribution in [2.24, 2.45) is 5.92 Å². The van der Waals surface area contributed by atoms with E-state index in [1.807, 2.05) is 6.92 Å². The number of hydrogen-bond donors (Lipinski definition) is 2. The van der Waals surface area contributed by atoms with Gasteiger partial charge < -0.3 is 24.8 Å². The van der Waals surface area contributed by atoms with Crippen LogP contribution in [0.1, 0.15) is 68.9 Å². The molecule has 13 heteroatoms. The van der Waals surface area contributed by atoms with Gasteiger partial charge in [0.1, 0.15) is 34.4 Å². The van der Waals surface area contributed by atoms with Gasteiger partial charge in [0.15, 0.2) is 0 Å². The first-order valence-corrected chi connectivity index (χ1v) is 14.8. The molecule has 2 heterocycles. The van der Waals surface area contributed by atoms with Gasteiger partial charge in [-0.3, -0.25) is 14.6 Å². The average molecular weight is 643 g/mol. The van der Waals surface area contributed by atoms with E-state index < -0.39 is 64.4 Å². The van der Waals surface area contributed by atoms with Gasteiger partial charge in [0.25, 0.3) is 5.91 Å².